The molecule has 2 saturated heterocycles. The summed E-state index contributed by atoms with van der Waals surface area (Å²) in [7, 11) is 0. The molecule has 0 radical (unpaired) electrons. The molecule has 0 unspecified atom stereocenters. The van der Waals surface area contributed by atoms with E-state index in [-0.39, 0.29) is 54.4 Å². The van der Waals surface area contributed by atoms with Crippen LogP contribution < -0.4 is 0 Å². The average molecular weight is 316 g/mol. The summed E-state index contributed by atoms with van der Waals surface area (Å²) in [4.78, 5) is 40.7. The molecule has 0 aromatic carbocycles. The number of allylic oxidation sites excluding steroid dienone is 2. The first kappa shape index (κ1) is 14.9. The van der Waals surface area contributed by atoms with Crippen molar-refractivity contribution in [1.82, 2.24) is 9.80 Å². The Bertz CT molecular complexity index is 547. The van der Waals surface area contributed by atoms with Crippen LogP contribution in [0.25, 0.3) is 0 Å². The number of hydrogen-bond acceptors (Lipinski definition) is 3. The third-order valence-corrected chi connectivity index (χ3v) is 6.25. The van der Waals surface area contributed by atoms with Gasteiger partial charge in [-0.1, -0.05) is 19.1 Å². The van der Waals surface area contributed by atoms with Crippen LogP contribution in [0.5, 0.6) is 0 Å². The molecule has 124 valence electrons. The number of imide groups is 1. The SMILES string of the molecule is CC1CCN(C(=O)CCN2C(=O)[C@@H]3[C@@H](C2=O)[C@H]2C=C[C@H]3C2)CC1. The van der Waals surface area contributed by atoms with Gasteiger partial charge in [0.2, 0.25) is 17.7 Å². The van der Waals surface area contributed by atoms with Gasteiger partial charge in [0.05, 0.1) is 11.8 Å². The molecule has 3 amide bonds. The molecule has 23 heavy (non-hydrogen) atoms. The maximum absolute atomic E-state index is 12.6. The molecule has 0 N–H and O–H groups in total. The highest BCUT2D eigenvalue weighted by atomic mass is 16.2. The molecule has 2 aliphatic heterocycles. The molecule has 0 aromatic heterocycles. The number of amides is 3. The highest BCUT2D eigenvalue weighted by Gasteiger charge is 2.59. The summed E-state index contributed by atoms with van der Waals surface area (Å²) in [6, 6.07) is 0. The minimum atomic E-state index is -0.150. The van der Waals surface area contributed by atoms with Crippen LogP contribution in [0.15, 0.2) is 12.2 Å². The molecule has 5 heteroatoms. The van der Waals surface area contributed by atoms with E-state index in [1.165, 1.54) is 4.90 Å². The van der Waals surface area contributed by atoms with Crippen molar-refractivity contribution >= 4 is 17.7 Å². The highest BCUT2D eigenvalue weighted by Crippen LogP contribution is 2.52. The number of piperidine rings is 1. The predicted octanol–water partition coefficient (Wildman–Crippen LogP) is 1.44. The largest absolute Gasteiger partial charge is 0.343 e. The van der Waals surface area contributed by atoms with E-state index in [0.29, 0.717) is 5.92 Å². The number of fused-ring (bicyclic) bond motifs is 5. The standard InChI is InChI=1S/C18H24N2O3/c1-11-4-7-19(8-5-11)14(21)6-9-20-17(22)15-12-2-3-13(10-12)16(15)18(20)23/h2-3,11-13,15-16H,4-10H2,1H3/t12-,13-,15-,16-/m0/s1. The lowest BCUT2D eigenvalue weighted by atomic mass is 9.85. The molecule has 4 rings (SSSR count). The van der Waals surface area contributed by atoms with Crippen molar-refractivity contribution in [1.29, 1.82) is 0 Å². The molecule has 0 aromatic rings. The fourth-order valence-electron chi connectivity index (χ4n) is 4.81. The number of rotatable bonds is 3. The molecule has 4 aliphatic rings. The number of hydrogen-bond donors (Lipinski definition) is 0. The van der Waals surface area contributed by atoms with Crippen LogP contribution in [-0.2, 0) is 14.4 Å². The topological polar surface area (TPSA) is 57.7 Å². The van der Waals surface area contributed by atoms with Crippen LogP contribution in [0.3, 0.4) is 0 Å². The van der Waals surface area contributed by atoms with Crippen molar-refractivity contribution in [2.75, 3.05) is 19.6 Å². The summed E-state index contributed by atoms with van der Waals surface area (Å²) < 4.78 is 0. The van der Waals surface area contributed by atoms with E-state index in [2.05, 4.69) is 19.1 Å². The molecule has 2 bridgehead atoms. The zero-order valence-electron chi connectivity index (χ0n) is 13.6. The van der Waals surface area contributed by atoms with Crippen LogP contribution in [0, 0.1) is 29.6 Å². The van der Waals surface area contributed by atoms with Gasteiger partial charge in [0, 0.05) is 26.1 Å². The van der Waals surface area contributed by atoms with Crippen molar-refractivity contribution in [2.45, 2.75) is 32.6 Å². The Kier molecular flexibility index (Phi) is 3.54. The van der Waals surface area contributed by atoms with Crippen molar-refractivity contribution in [3.8, 4) is 0 Å². The molecule has 4 atom stereocenters. The summed E-state index contributed by atoms with van der Waals surface area (Å²) >= 11 is 0. The van der Waals surface area contributed by atoms with Gasteiger partial charge in [-0.15, -0.1) is 0 Å². The summed E-state index contributed by atoms with van der Waals surface area (Å²) in [5, 5.41) is 0. The summed E-state index contributed by atoms with van der Waals surface area (Å²) in [5.74, 6) is 0.857. The van der Waals surface area contributed by atoms with Crippen LogP contribution in [0.1, 0.15) is 32.6 Å². The molecule has 2 heterocycles. The zero-order valence-corrected chi connectivity index (χ0v) is 13.6. The van der Waals surface area contributed by atoms with Gasteiger partial charge in [-0.3, -0.25) is 19.3 Å². The van der Waals surface area contributed by atoms with E-state index < -0.39 is 0 Å². The van der Waals surface area contributed by atoms with Gasteiger partial charge >= 0.3 is 0 Å². The molecular formula is C18H24N2O3. The number of carbonyl (C=O) groups is 3. The molecule has 3 fully saturated rings. The van der Waals surface area contributed by atoms with Gasteiger partial charge in [-0.05, 0) is 37.0 Å². The molecule has 0 spiro atoms. The normalized spacial score (nSPS) is 36.2. The Hall–Kier alpha value is -1.65. The Labute approximate surface area is 136 Å². The van der Waals surface area contributed by atoms with Crippen LogP contribution in [-0.4, -0.2) is 47.2 Å². The highest BCUT2D eigenvalue weighted by molar-refractivity contribution is 6.06. The Morgan fingerprint density at radius 3 is 2.22 bits per heavy atom. The second kappa shape index (κ2) is 5.46. The Morgan fingerprint density at radius 1 is 1.09 bits per heavy atom. The predicted molar refractivity (Wildman–Crippen MR) is 84.0 cm³/mol. The van der Waals surface area contributed by atoms with Crippen molar-refractivity contribution in [3.05, 3.63) is 12.2 Å². The van der Waals surface area contributed by atoms with E-state index in [4.69, 9.17) is 0 Å². The van der Waals surface area contributed by atoms with Crippen LogP contribution in [0.2, 0.25) is 0 Å². The van der Waals surface area contributed by atoms with Crippen LogP contribution >= 0.6 is 0 Å². The minimum absolute atomic E-state index is 0.0445. The molecule has 2 aliphatic carbocycles. The molecule has 1 saturated carbocycles. The lowest BCUT2D eigenvalue weighted by molar-refractivity contribution is -0.141. The minimum Gasteiger partial charge on any atom is -0.343 e. The zero-order chi connectivity index (χ0) is 16.1. The molecule has 5 nitrogen and oxygen atoms in total. The fourth-order valence-corrected chi connectivity index (χ4v) is 4.81. The quantitative estimate of drug-likeness (QED) is 0.585. The maximum atomic E-state index is 12.6. The molecular weight excluding hydrogens is 292 g/mol. The number of carbonyl (C=O) groups excluding carboxylic acids is 3. The smallest absolute Gasteiger partial charge is 0.233 e. The van der Waals surface area contributed by atoms with E-state index in [1.54, 1.807) is 0 Å². The summed E-state index contributed by atoms with van der Waals surface area (Å²) in [5.41, 5.74) is 0. The van der Waals surface area contributed by atoms with E-state index in [9.17, 15) is 14.4 Å². The summed E-state index contributed by atoms with van der Waals surface area (Å²) in [6.45, 7) is 4.09. The van der Waals surface area contributed by atoms with Crippen molar-refractivity contribution in [3.63, 3.8) is 0 Å². The first-order valence-corrected chi connectivity index (χ1v) is 8.87. The van der Waals surface area contributed by atoms with Gasteiger partial charge in [0.1, 0.15) is 0 Å². The Morgan fingerprint density at radius 2 is 1.65 bits per heavy atom. The second-order valence-electron chi connectivity index (χ2n) is 7.64. The third-order valence-electron chi connectivity index (χ3n) is 6.25. The van der Waals surface area contributed by atoms with E-state index >= 15 is 0 Å². The van der Waals surface area contributed by atoms with Gasteiger partial charge in [-0.2, -0.15) is 0 Å². The third kappa shape index (κ3) is 2.32. The van der Waals surface area contributed by atoms with Gasteiger partial charge in [-0.25, -0.2) is 0 Å². The van der Waals surface area contributed by atoms with Crippen molar-refractivity contribution in [2.24, 2.45) is 29.6 Å². The lowest BCUT2D eigenvalue weighted by Crippen LogP contribution is -2.41. The van der Waals surface area contributed by atoms with Gasteiger partial charge in [0.25, 0.3) is 0 Å². The number of likely N-dealkylation sites (tertiary alicyclic amines) is 2. The average Bonchev–Trinajstić information content (AvgIpc) is 3.21. The van der Waals surface area contributed by atoms with E-state index in [1.807, 2.05) is 4.90 Å². The van der Waals surface area contributed by atoms with Crippen LogP contribution in [0.4, 0.5) is 0 Å². The first-order chi connectivity index (χ1) is 11.1. The fraction of sp³-hybridized carbons (Fsp3) is 0.722. The number of nitrogens with zero attached hydrogens (tertiary/aromatic N) is 2. The second-order valence-corrected chi connectivity index (χ2v) is 7.64. The summed E-state index contributed by atoms with van der Waals surface area (Å²) in [6.07, 6.45) is 7.51. The van der Waals surface area contributed by atoms with Gasteiger partial charge in [0.15, 0.2) is 0 Å². The Balaban J connectivity index is 1.36. The lowest BCUT2D eigenvalue weighted by Gasteiger charge is -2.30. The van der Waals surface area contributed by atoms with Gasteiger partial charge < -0.3 is 4.90 Å². The first-order valence-electron chi connectivity index (χ1n) is 8.87. The van der Waals surface area contributed by atoms with Crippen molar-refractivity contribution < 1.29 is 14.4 Å². The monoisotopic (exact) mass is 316 g/mol. The van der Waals surface area contributed by atoms with E-state index in [0.717, 1.165) is 32.4 Å². The maximum Gasteiger partial charge on any atom is 0.233 e.